The minimum absolute atomic E-state index is 0.125. The molecule has 2 aliphatic heterocycles. The molecular formula is C14H13F2N3O3. The lowest BCUT2D eigenvalue weighted by Crippen LogP contribution is -2.55. The molecular weight excluding hydrogens is 296 g/mol. The lowest BCUT2D eigenvalue weighted by atomic mass is 9.87. The van der Waals surface area contributed by atoms with Crippen molar-refractivity contribution in [3.63, 3.8) is 0 Å². The van der Waals surface area contributed by atoms with E-state index in [0.717, 1.165) is 12.1 Å². The number of halogens is 2. The molecule has 2 saturated heterocycles. The van der Waals surface area contributed by atoms with Crippen molar-refractivity contribution < 1.29 is 23.2 Å². The molecule has 3 rings (SSSR count). The van der Waals surface area contributed by atoms with Crippen LogP contribution >= 0.6 is 0 Å². The Balaban J connectivity index is 1.76. The summed E-state index contributed by atoms with van der Waals surface area (Å²) >= 11 is 0. The van der Waals surface area contributed by atoms with Crippen molar-refractivity contribution in [2.75, 3.05) is 13.1 Å². The number of benzene rings is 1. The molecule has 0 atom stereocenters. The topological polar surface area (TPSA) is 78.5 Å². The second-order valence-electron chi connectivity index (χ2n) is 5.38. The molecule has 6 nitrogen and oxygen atoms in total. The lowest BCUT2D eigenvalue weighted by Gasteiger charge is -2.37. The number of carbonyl (C=O) groups is 3. The Morgan fingerprint density at radius 3 is 2.23 bits per heavy atom. The lowest BCUT2D eigenvalue weighted by molar-refractivity contribution is -0.125. The van der Waals surface area contributed by atoms with Crippen LogP contribution in [0.1, 0.15) is 23.2 Å². The maximum absolute atomic E-state index is 13.7. The molecule has 0 bridgehead atoms. The van der Waals surface area contributed by atoms with Crippen molar-refractivity contribution >= 4 is 17.8 Å². The summed E-state index contributed by atoms with van der Waals surface area (Å²) in [4.78, 5) is 36.6. The van der Waals surface area contributed by atoms with Crippen LogP contribution in [0.3, 0.4) is 0 Å². The van der Waals surface area contributed by atoms with Gasteiger partial charge in [0.1, 0.15) is 22.7 Å². The Hall–Kier alpha value is -2.51. The van der Waals surface area contributed by atoms with Gasteiger partial charge in [0.05, 0.1) is 0 Å². The summed E-state index contributed by atoms with van der Waals surface area (Å²) in [5.74, 6) is -3.02. The van der Waals surface area contributed by atoms with E-state index in [-0.39, 0.29) is 25.9 Å². The van der Waals surface area contributed by atoms with E-state index < -0.39 is 40.6 Å². The van der Waals surface area contributed by atoms with Crippen molar-refractivity contribution in [2.24, 2.45) is 0 Å². The van der Waals surface area contributed by atoms with Crippen molar-refractivity contribution in [3.8, 4) is 0 Å². The Bertz CT molecular complexity index is 649. The number of carbonyl (C=O) groups excluding carboxylic acids is 3. The van der Waals surface area contributed by atoms with Crippen LogP contribution in [0.4, 0.5) is 13.6 Å². The number of hydrogen-bond donors (Lipinski definition) is 2. The van der Waals surface area contributed by atoms with Crippen molar-refractivity contribution in [3.05, 3.63) is 35.4 Å². The Labute approximate surface area is 124 Å². The Morgan fingerprint density at radius 2 is 1.73 bits per heavy atom. The van der Waals surface area contributed by atoms with E-state index in [1.54, 1.807) is 0 Å². The number of nitrogens with zero attached hydrogens (tertiary/aromatic N) is 1. The van der Waals surface area contributed by atoms with E-state index in [9.17, 15) is 23.2 Å². The molecule has 1 spiro atoms. The Morgan fingerprint density at radius 1 is 1.14 bits per heavy atom. The van der Waals surface area contributed by atoms with E-state index in [4.69, 9.17) is 0 Å². The first-order valence-electron chi connectivity index (χ1n) is 6.80. The maximum atomic E-state index is 13.7. The average molecular weight is 309 g/mol. The van der Waals surface area contributed by atoms with Crippen LogP contribution in [-0.4, -0.2) is 41.4 Å². The fourth-order valence-electron chi connectivity index (χ4n) is 2.83. The zero-order chi connectivity index (χ0) is 15.9. The Kier molecular flexibility index (Phi) is 3.31. The highest BCUT2D eigenvalue weighted by molar-refractivity contribution is 6.07. The summed E-state index contributed by atoms with van der Waals surface area (Å²) in [5.41, 5.74) is -1.62. The number of likely N-dealkylation sites (tertiary alicyclic amines) is 1. The van der Waals surface area contributed by atoms with Crippen LogP contribution in [0.5, 0.6) is 0 Å². The normalized spacial score (nSPS) is 20.0. The molecule has 22 heavy (non-hydrogen) atoms. The van der Waals surface area contributed by atoms with Crippen molar-refractivity contribution in [2.45, 2.75) is 18.4 Å². The molecule has 2 aliphatic rings. The molecule has 2 fully saturated rings. The first kappa shape index (κ1) is 14.4. The monoisotopic (exact) mass is 309 g/mol. The number of amides is 4. The summed E-state index contributed by atoms with van der Waals surface area (Å²) < 4.78 is 27.3. The van der Waals surface area contributed by atoms with Crippen LogP contribution in [0, 0.1) is 11.6 Å². The third kappa shape index (κ3) is 2.20. The summed E-state index contributed by atoms with van der Waals surface area (Å²) in [6.07, 6.45) is 0.402. The second kappa shape index (κ2) is 5.04. The largest absolute Gasteiger partial charge is 0.338 e. The molecule has 0 aliphatic carbocycles. The van der Waals surface area contributed by atoms with Gasteiger partial charge in [-0.25, -0.2) is 13.6 Å². The predicted molar refractivity (Wildman–Crippen MR) is 70.9 cm³/mol. The van der Waals surface area contributed by atoms with Crippen LogP contribution in [0.25, 0.3) is 0 Å². The van der Waals surface area contributed by atoms with E-state index in [1.165, 1.54) is 11.0 Å². The molecule has 8 heteroatoms. The third-order valence-electron chi connectivity index (χ3n) is 4.10. The zero-order valence-electron chi connectivity index (χ0n) is 11.5. The molecule has 0 saturated carbocycles. The van der Waals surface area contributed by atoms with Crippen molar-refractivity contribution in [1.29, 1.82) is 0 Å². The molecule has 2 N–H and O–H groups in total. The third-order valence-corrected chi connectivity index (χ3v) is 4.10. The highest BCUT2D eigenvalue weighted by atomic mass is 19.1. The van der Waals surface area contributed by atoms with E-state index in [0.29, 0.717) is 0 Å². The fraction of sp³-hybridized carbons (Fsp3) is 0.357. The summed E-state index contributed by atoms with van der Waals surface area (Å²) in [6.45, 7) is 0.251. The summed E-state index contributed by atoms with van der Waals surface area (Å²) in [5, 5.41) is 4.71. The number of urea groups is 1. The number of rotatable bonds is 1. The number of piperidine rings is 1. The van der Waals surface area contributed by atoms with Gasteiger partial charge < -0.3 is 10.2 Å². The summed E-state index contributed by atoms with van der Waals surface area (Å²) in [7, 11) is 0. The first-order chi connectivity index (χ1) is 10.4. The molecule has 2 heterocycles. The molecule has 116 valence electrons. The van der Waals surface area contributed by atoms with Gasteiger partial charge in [-0.15, -0.1) is 0 Å². The van der Waals surface area contributed by atoms with E-state index in [2.05, 4.69) is 10.6 Å². The van der Waals surface area contributed by atoms with Gasteiger partial charge in [-0.1, -0.05) is 6.07 Å². The quantitative estimate of drug-likeness (QED) is 0.753. The maximum Gasteiger partial charge on any atom is 0.322 e. The average Bonchev–Trinajstić information content (AvgIpc) is 2.73. The van der Waals surface area contributed by atoms with E-state index in [1.807, 2.05) is 0 Å². The number of imide groups is 1. The smallest absolute Gasteiger partial charge is 0.322 e. The molecule has 0 radical (unpaired) electrons. The van der Waals surface area contributed by atoms with Gasteiger partial charge in [0.2, 0.25) is 0 Å². The van der Waals surface area contributed by atoms with Gasteiger partial charge in [-0.3, -0.25) is 14.9 Å². The molecule has 0 unspecified atom stereocenters. The molecule has 0 aromatic heterocycles. The van der Waals surface area contributed by atoms with Gasteiger partial charge in [-0.2, -0.15) is 0 Å². The predicted octanol–water partition coefficient (Wildman–Crippen LogP) is 0.779. The molecule has 4 amide bonds. The second-order valence-corrected chi connectivity index (χ2v) is 5.38. The van der Waals surface area contributed by atoms with Crippen LogP contribution in [0.15, 0.2) is 18.2 Å². The van der Waals surface area contributed by atoms with Crippen LogP contribution in [0.2, 0.25) is 0 Å². The SMILES string of the molecule is O=C1NC(=O)C2(CCN(C(=O)c3c(F)cccc3F)CC2)N1. The number of nitrogens with one attached hydrogen (secondary N) is 2. The fourth-order valence-corrected chi connectivity index (χ4v) is 2.83. The van der Waals surface area contributed by atoms with E-state index >= 15 is 0 Å². The first-order valence-corrected chi connectivity index (χ1v) is 6.80. The van der Waals surface area contributed by atoms with Crippen LogP contribution < -0.4 is 10.6 Å². The number of hydrogen-bond acceptors (Lipinski definition) is 3. The minimum atomic E-state index is -1.03. The highest BCUT2D eigenvalue weighted by Crippen LogP contribution is 2.27. The van der Waals surface area contributed by atoms with Gasteiger partial charge in [0.25, 0.3) is 11.8 Å². The molecule has 1 aromatic rings. The van der Waals surface area contributed by atoms with Gasteiger partial charge >= 0.3 is 6.03 Å². The summed E-state index contributed by atoms with van der Waals surface area (Å²) in [6, 6.07) is 2.66. The van der Waals surface area contributed by atoms with Gasteiger partial charge in [-0.05, 0) is 25.0 Å². The van der Waals surface area contributed by atoms with Crippen LogP contribution in [-0.2, 0) is 4.79 Å². The highest BCUT2D eigenvalue weighted by Gasteiger charge is 2.48. The van der Waals surface area contributed by atoms with Gasteiger partial charge in [0.15, 0.2) is 0 Å². The standard InChI is InChI=1S/C14H13F2N3O3/c15-8-2-1-3-9(16)10(8)11(20)19-6-4-14(5-7-19)12(21)17-13(22)18-14/h1-3H,4-7H2,(H2,17,18,21,22). The van der Waals surface area contributed by atoms with Crippen molar-refractivity contribution in [1.82, 2.24) is 15.5 Å². The van der Waals surface area contributed by atoms with Gasteiger partial charge in [0, 0.05) is 13.1 Å². The minimum Gasteiger partial charge on any atom is -0.338 e. The zero-order valence-corrected chi connectivity index (χ0v) is 11.5. The molecule has 1 aromatic carbocycles.